The van der Waals surface area contributed by atoms with Crippen LogP contribution in [0.2, 0.25) is 0 Å². The minimum atomic E-state index is -0.879. The number of hydrogen-bond donors (Lipinski definition) is 0. The maximum absolute atomic E-state index is 13.3. The predicted octanol–water partition coefficient (Wildman–Crippen LogP) is 2.43. The van der Waals surface area contributed by atoms with E-state index in [4.69, 9.17) is 4.74 Å². The molecule has 0 atom stereocenters. The standard InChI is InChI=1S/C8H5BrFNO3/c9-6-7(10)5(11(12)13)3-4-1-2-14-8(4)6/h3H,1-2H2. The number of nitro groups is 1. The number of rotatable bonds is 1. The predicted molar refractivity (Wildman–Crippen MR) is 50.0 cm³/mol. The number of fused-ring (bicyclic) bond motifs is 1. The van der Waals surface area contributed by atoms with E-state index in [0.717, 1.165) is 0 Å². The summed E-state index contributed by atoms with van der Waals surface area (Å²) >= 11 is 2.95. The van der Waals surface area contributed by atoms with Crippen LogP contribution in [-0.4, -0.2) is 11.5 Å². The van der Waals surface area contributed by atoms with Gasteiger partial charge in [0.15, 0.2) is 0 Å². The van der Waals surface area contributed by atoms with E-state index in [-0.39, 0.29) is 4.47 Å². The highest BCUT2D eigenvalue weighted by molar-refractivity contribution is 9.10. The molecule has 4 nitrogen and oxygen atoms in total. The minimum absolute atomic E-state index is 0.0409. The minimum Gasteiger partial charge on any atom is -0.492 e. The average Bonchev–Trinajstić information content (AvgIpc) is 2.58. The number of hydrogen-bond acceptors (Lipinski definition) is 3. The molecule has 0 bridgehead atoms. The number of ether oxygens (including phenoxy) is 1. The molecular weight excluding hydrogens is 257 g/mol. The van der Waals surface area contributed by atoms with E-state index < -0.39 is 16.4 Å². The Kier molecular flexibility index (Phi) is 2.14. The van der Waals surface area contributed by atoms with Gasteiger partial charge >= 0.3 is 5.69 Å². The molecule has 0 aliphatic carbocycles. The zero-order valence-electron chi connectivity index (χ0n) is 6.92. The van der Waals surface area contributed by atoms with E-state index in [1.165, 1.54) is 6.07 Å². The van der Waals surface area contributed by atoms with Gasteiger partial charge in [-0.2, -0.15) is 4.39 Å². The normalized spacial score (nSPS) is 13.6. The van der Waals surface area contributed by atoms with Gasteiger partial charge in [-0.1, -0.05) is 0 Å². The third-order valence-corrected chi connectivity index (χ3v) is 2.74. The number of benzene rings is 1. The number of halogens is 2. The molecular formula is C8H5BrFNO3. The largest absolute Gasteiger partial charge is 0.492 e. The lowest BCUT2D eigenvalue weighted by molar-refractivity contribution is -0.387. The Bertz CT molecular complexity index is 422. The summed E-state index contributed by atoms with van der Waals surface area (Å²) in [5.74, 6) is -0.497. The van der Waals surface area contributed by atoms with Crippen molar-refractivity contribution < 1.29 is 14.1 Å². The molecule has 0 saturated heterocycles. The maximum Gasteiger partial charge on any atom is 0.306 e. The topological polar surface area (TPSA) is 52.4 Å². The highest BCUT2D eigenvalue weighted by atomic mass is 79.9. The van der Waals surface area contributed by atoms with Crippen molar-refractivity contribution in [2.75, 3.05) is 6.61 Å². The number of nitro benzene ring substituents is 1. The zero-order chi connectivity index (χ0) is 10.3. The van der Waals surface area contributed by atoms with E-state index in [0.29, 0.717) is 24.3 Å². The van der Waals surface area contributed by atoms with Gasteiger partial charge in [0.1, 0.15) is 10.2 Å². The highest BCUT2D eigenvalue weighted by Crippen LogP contribution is 2.39. The molecule has 1 heterocycles. The fraction of sp³-hybridized carbons (Fsp3) is 0.250. The Labute approximate surface area is 87.0 Å². The molecule has 0 radical (unpaired) electrons. The van der Waals surface area contributed by atoms with Crippen molar-refractivity contribution in [1.29, 1.82) is 0 Å². The van der Waals surface area contributed by atoms with Crippen LogP contribution >= 0.6 is 15.9 Å². The second kappa shape index (κ2) is 3.20. The monoisotopic (exact) mass is 261 g/mol. The second-order valence-corrected chi connectivity index (χ2v) is 3.66. The van der Waals surface area contributed by atoms with Crippen molar-refractivity contribution in [3.63, 3.8) is 0 Å². The van der Waals surface area contributed by atoms with Crippen LogP contribution in [0.15, 0.2) is 10.5 Å². The molecule has 0 fully saturated rings. The van der Waals surface area contributed by atoms with Gasteiger partial charge in [-0.15, -0.1) is 0 Å². The Morgan fingerprint density at radius 3 is 3.00 bits per heavy atom. The van der Waals surface area contributed by atoms with Crippen molar-refractivity contribution in [2.45, 2.75) is 6.42 Å². The molecule has 0 saturated carbocycles. The van der Waals surface area contributed by atoms with Gasteiger partial charge in [0, 0.05) is 18.1 Å². The Morgan fingerprint density at radius 2 is 2.36 bits per heavy atom. The van der Waals surface area contributed by atoms with E-state index in [1.54, 1.807) is 0 Å². The van der Waals surface area contributed by atoms with E-state index in [9.17, 15) is 14.5 Å². The third-order valence-electron chi connectivity index (χ3n) is 2.03. The number of nitrogens with zero attached hydrogens (tertiary/aromatic N) is 1. The van der Waals surface area contributed by atoms with Crippen LogP contribution in [0.1, 0.15) is 5.56 Å². The molecule has 0 aromatic heterocycles. The molecule has 0 spiro atoms. The summed E-state index contributed by atoms with van der Waals surface area (Å²) in [6.45, 7) is 0.439. The van der Waals surface area contributed by atoms with Gasteiger partial charge in [-0.25, -0.2) is 0 Å². The molecule has 1 aliphatic rings. The summed E-state index contributed by atoms with van der Waals surface area (Å²) in [4.78, 5) is 9.74. The van der Waals surface area contributed by atoms with Gasteiger partial charge in [-0.3, -0.25) is 10.1 Å². The first-order valence-corrected chi connectivity index (χ1v) is 4.68. The first-order chi connectivity index (χ1) is 6.61. The lowest BCUT2D eigenvalue weighted by atomic mass is 10.1. The lowest BCUT2D eigenvalue weighted by Crippen LogP contribution is -1.95. The van der Waals surface area contributed by atoms with Crippen molar-refractivity contribution in [1.82, 2.24) is 0 Å². The highest BCUT2D eigenvalue weighted by Gasteiger charge is 2.26. The van der Waals surface area contributed by atoms with E-state index >= 15 is 0 Å². The fourth-order valence-electron chi connectivity index (χ4n) is 1.38. The Hall–Kier alpha value is -1.17. The van der Waals surface area contributed by atoms with Crippen LogP contribution in [0.3, 0.4) is 0 Å². The molecule has 14 heavy (non-hydrogen) atoms. The van der Waals surface area contributed by atoms with Crippen LogP contribution in [-0.2, 0) is 6.42 Å². The van der Waals surface area contributed by atoms with Gasteiger partial charge in [0.25, 0.3) is 0 Å². The van der Waals surface area contributed by atoms with Crippen LogP contribution in [0.5, 0.6) is 5.75 Å². The van der Waals surface area contributed by atoms with Crippen molar-refractivity contribution in [2.24, 2.45) is 0 Å². The summed E-state index contributed by atoms with van der Waals surface area (Å²) in [6, 6.07) is 1.22. The molecule has 0 N–H and O–H groups in total. The second-order valence-electron chi connectivity index (χ2n) is 2.87. The first-order valence-electron chi connectivity index (χ1n) is 3.89. The molecule has 2 rings (SSSR count). The van der Waals surface area contributed by atoms with E-state index in [2.05, 4.69) is 15.9 Å². The van der Waals surface area contributed by atoms with Gasteiger partial charge in [-0.05, 0) is 15.9 Å². The van der Waals surface area contributed by atoms with Crippen molar-refractivity contribution >= 4 is 21.6 Å². The molecule has 0 amide bonds. The average molecular weight is 262 g/mol. The van der Waals surface area contributed by atoms with Gasteiger partial charge < -0.3 is 4.74 Å². The quantitative estimate of drug-likeness (QED) is 0.576. The van der Waals surface area contributed by atoms with Crippen molar-refractivity contribution in [3.05, 3.63) is 32.0 Å². The van der Waals surface area contributed by atoms with Gasteiger partial charge in [0.2, 0.25) is 5.82 Å². The molecule has 1 aliphatic heterocycles. The maximum atomic E-state index is 13.3. The molecule has 0 unspecified atom stereocenters. The van der Waals surface area contributed by atoms with E-state index in [1.807, 2.05) is 0 Å². The molecule has 74 valence electrons. The lowest BCUT2D eigenvalue weighted by Gasteiger charge is -2.03. The van der Waals surface area contributed by atoms with Crippen LogP contribution in [0.25, 0.3) is 0 Å². The van der Waals surface area contributed by atoms with Crippen LogP contribution in [0, 0.1) is 15.9 Å². The Morgan fingerprint density at radius 1 is 1.64 bits per heavy atom. The van der Waals surface area contributed by atoms with Crippen molar-refractivity contribution in [3.8, 4) is 5.75 Å². The molecule has 1 aromatic rings. The Balaban J connectivity index is 2.67. The fourth-order valence-corrected chi connectivity index (χ4v) is 1.96. The zero-order valence-corrected chi connectivity index (χ0v) is 8.51. The summed E-state index contributed by atoms with van der Waals surface area (Å²) in [5.41, 5.74) is 0.158. The first kappa shape index (κ1) is 9.39. The summed E-state index contributed by atoms with van der Waals surface area (Å²) in [7, 11) is 0. The van der Waals surface area contributed by atoms with Gasteiger partial charge in [0.05, 0.1) is 11.5 Å². The summed E-state index contributed by atoms with van der Waals surface area (Å²) in [6.07, 6.45) is 0.578. The van der Waals surface area contributed by atoms with Crippen LogP contribution < -0.4 is 4.74 Å². The third kappa shape index (κ3) is 1.26. The summed E-state index contributed by atoms with van der Waals surface area (Å²) < 4.78 is 18.5. The van der Waals surface area contributed by atoms with Crippen LogP contribution in [0.4, 0.5) is 10.1 Å². The summed E-state index contributed by atoms with van der Waals surface area (Å²) in [5, 5.41) is 10.5. The smallest absolute Gasteiger partial charge is 0.306 e. The SMILES string of the molecule is O=[N+]([O-])c1cc2c(c(Br)c1F)OCC2. The molecule has 6 heteroatoms. The molecule has 1 aromatic carbocycles.